The highest BCUT2D eigenvalue weighted by molar-refractivity contribution is 5.68. The number of nitrogens with one attached hydrogen (secondary N) is 1. The van der Waals surface area contributed by atoms with Crippen LogP contribution in [0.3, 0.4) is 0 Å². The average Bonchev–Trinajstić information content (AvgIpc) is 2.18. The predicted octanol–water partition coefficient (Wildman–Crippen LogP) is 0.381. The highest BCUT2D eigenvalue weighted by Gasteiger charge is 1.98. The monoisotopic (exact) mass is 193 g/mol. The lowest BCUT2D eigenvalue weighted by atomic mass is 10.3. The lowest BCUT2D eigenvalue weighted by Gasteiger charge is -2.03. The van der Waals surface area contributed by atoms with Crippen LogP contribution >= 0.6 is 0 Å². The van der Waals surface area contributed by atoms with Crippen LogP contribution < -0.4 is 5.48 Å². The second kappa shape index (κ2) is 4.79. The molecule has 0 spiro atoms. The Labute approximate surface area is 79.7 Å². The lowest BCUT2D eigenvalue weighted by Crippen LogP contribution is -2.11. The van der Waals surface area contributed by atoms with Gasteiger partial charge < -0.3 is 5.11 Å². The number of aromatic nitrogens is 1. The van der Waals surface area contributed by atoms with Crippen molar-refractivity contribution in [2.45, 2.75) is 0 Å². The number of anilines is 1. The molecule has 1 aromatic rings. The topological polar surface area (TPSA) is 95.2 Å². The van der Waals surface area contributed by atoms with Gasteiger partial charge in [0.2, 0.25) is 0 Å². The number of rotatable bonds is 4. The number of carboxylic acid groups (broad SMARTS) is 1. The van der Waals surface area contributed by atoms with E-state index in [0.29, 0.717) is 5.69 Å². The molecular weight excluding hydrogens is 186 g/mol. The maximum absolute atomic E-state index is 10.1. The van der Waals surface area contributed by atoms with Crippen molar-refractivity contribution in [3.63, 3.8) is 0 Å². The van der Waals surface area contributed by atoms with Gasteiger partial charge in [0.25, 0.3) is 0 Å². The number of hydrogen-bond donors (Lipinski definition) is 2. The summed E-state index contributed by atoms with van der Waals surface area (Å²) < 4.78 is 0. The van der Waals surface area contributed by atoms with E-state index in [1.165, 1.54) is 12.3 Å². The Morgan fingerprint density at radius 3 is 3.21 bits per heavy atom. The van der Waals surface area contributed by atoms with E-state index in [1.54, 1.807) is 6.07 Å². The summed E-state index contributed by atoms with van der Waals surface area (Å²) in [7, 11) is 0. The highest BCUT2D eigenvalue weighted by Crippen LogP contribution is 2.06. The Kier molecular flexibility index (Phi) is 3.41. The van der Waals surface area contributed by atoms with Crippen LogP contribution in [0.15, 0.2) is 18.3 Å². The van der Waals surface area contributed by atoms with E-state index in [9.17, 15) is 4.79 Å². The second-order valence-electron chi connectivity index (χ2n) is 2.33. The van der Waals surface area contributed by atoms with Crippen molar-refractivity contribution in [1.82, 2.24) is 4.98 Å². The normalized spacial score (nSPS) is 9.07. The third kappa shape index (κ3) is 3.08. The molecule has 0 bridgehead atoms. The maximum Gasteiger partial charge on any atom is 0.332 e. The van der Waals surface area contributed by atoms with Crippen molar-refractivity contribution in [2.75, 3.05) is 12.1 Å². The van der Waals surface area contributed by atoms with Crippen LogP contribution in [0.2, 0.25) is 0 Å². The first-order valence-corrected chi connectivity index (χ1v) is 3.68. The molecular formula is C8H7N3O3. The molecule has 0 saturated carbocycles. The smallest absolute Gasteiger partial charge is 0.332 e. The first-order chi connectivity index (χ1) is 6.72. The zero-order valence-corrected chi connectivity index (χ0v) is 7.10. The summed E-state index contributed by atoms with van der Waals surface area (Å²) in [6.45, 7) is -0.454. The van der Waals surface area contributed by atoms with Gasteiger partial charge in [-0.15, -0.1) is 0 Å². The van der Waals surface area contributed by atoms with Crippen molar-refractivity contribution < 1.29 is 14.7 Å². The van der Waals surface area contributed by atoms with Gasteiger partial charge in [0, 0.05) is 12.3 Å². The molecule has 0 aromatic carbocycles. The van der Waals surface area contributed by atoms with Gasteiger partial charge in [-0.25, -0.2) is 9.78 Å². The third-order valence-corrected chi connectivity index (χ3v) is 1.26. The van der Waals surface area contributed by atoms with Crippen molar-refractivity contribution in [3.05, 3.63) is 24.0 Å². The summed E-state index contributed by atoms with van der Waals surface area (Å²) in [6.07, 6.45) is 1.42. The molecule has 0 unspecified atom stereocenters. The second-order valence-corrected chi connectivity index (χ2v) is 2.33. The molecule has 0 amide bonds. The fourth-order valence-corrected chi connectivity index (χ4v) is 0.736. The maximum atomic E-state index is 10.1. The average molecular weight is 193 g/mol. The Morgan fingerprint density at radius 1 is 1.79 bits per heavy atom. The fourth-order valence-electron chi connectivity index (χ4n) is 0.736. The Morgan fingerprint density at radius 2 is 2.57 bits per heavy atom. The number of nitrogens with zero attached hydrogens (tertiary/aromatic N) is 2. The number of hydrogen-bond acceptors (Lipinski definition) is 5. The highest BCUT2D eigenvalue weighted by atomic mass is 16.7. The molecule has 72 valence electrons. The molecule has 1 rings (SSSR count). The molecule has 14 heavy (non-hydrogen) atoms. The van der Waals surface area contributed by atoms with Crippen molar-refractivity contribution in [2.24, 2.45) is 0 Å². The molecule has 0 aliphatic carbocycles. The molecule has 0 radical (unpaired) electrons. The van der Waals surface area contributed by atoms with Gasteiger partial charge in [-0.2, -0.15) is 5.26 Å². The van der Waals surface area contributed by atoms with Crippen LogP contribution in [0, 0.1) is 11.3 Å². The zero-order chi connectivity index (χ0) is 10.4. The Hall–Kier alpha value is -2.13. The Balaban J connectivity index is 2.51. The number of carboxylic acids is 1. The number of nitriles is 1. The zero-order valence-electron chi connectivity index (χ0n) is 7.10. The quantitative estimate of drug-likeness (QED) is 0.671. The van der Waals surface area contributed by atoms with Gasteiger partial charge in [-0.3, -0.25) is 10.3 Å². The van der Waals surface area contributed by atoms with Crippen molar-refractivity contribution in [1.29, 1.82) is 5.26 Å². The minimum absolute atomic E-state index is 0.230. The number of aliphatic carboxylic acids is 1. The Bertz CT molecular complexity index is 372. The van der Waals surface area contributed by atoms with Gasteiger partial charge in [-0.05, 0) is 6.07 Å². The van der Waals surface area contributed by atoms with Crippen LogP contribution in [0.1, 0.15) is 5.69 Å². The van der Waals surface area contributed by atoms with E-state index in [1.807, 2.05) is 6.07 Å². The summed E-state index contributed by atoms with van der Waals surface area (Å²) in [5.74, 6) is -1.08. The summed E-state index contributed by atoms with van der Waals surface area (Å²) >= 11 is 0. The van der Waals surface area contributed by atoms with Gasteiger partial charge in [-0.1, -0.05) is 0 Å². The number of pyridine rings is 1. The van der Waals surface area contributed by atoms with Gasteiger partial charge in [0.15, 0.2) is 6.61 Å². The number of carbonyl (C=O) groups is 1. The summed E-state index contributed by atoms with van der Waals surface area (Å²) in [5.41, 5.74) is 3.09. The van der Waals surface area contributed by atoms with Crippen LogP contribution in [0.25, 0.3) is 0 Å². The molecule has 6 heteroatoms. The third-order valence-electron chi connectivity index (χ3n) is 1.26. The molecule has 0 saturated heterocycles. The van der Waals surface area contributed by atoms with Crippen molar-refractivity contribution in [3.8, 4) is 6.07 Å². The summed E-state index contributed by atoms with van der Waals surface area (Å²) in [4.78, 5) is 18.4. The molecule has 1 aromatic heterocycles. The van der Waals surface area contributed by atoms with Crippen LogP contribution in [-0.2, 0) is 9.63 Å². The molecule has 1 heterocycles. The van der Waals surface area contributed by atoms with Crippen molar-refractivity contribution >= 4 is 11.7 Å². The standard InChI is InChI=1S/C8H7N3O3/c9-4-7-3-6(1-2-10-7)11-14-5-8(12)13/h1-3H,5H2,(H,10,11)(H,12,13). The molecule has 2 N–H and O–H groups in total. The largest absolute Gasteiger partial charge is 0.479 e. The lowest BCUT2D eigenvalue weighted by molar-refractivity contribution is -0.141. The predicted molar refractivity (Wildman–Crippen MR) is 46.2 cm³/mol. The van der Waals surface area contributed by atoms with E-state index in [2.05, 4.69) is 15.3 Å². The van der Waals surface area contributed by atoms with E-state index < -0.39 is 12.6 Å². The molecule has 6 nitrogen and oxygen atoms in total. The molecule has 0 aliphatic heterocycles. The summed E-state index contributed by atoms with van der Waals surface area (Å²) in [6, 6.07) is 4.85. The molecule has 0 fully saturated rings. The SMILES string of the molecule is N#Cc1cc(NOCC(=O)O)ccn1. The van der Waals surface area contributed by atoms with E-state index in [-0.39, 0.29) is 5.69 Å². The van der Waals surface area contributed by atoms with E-state index in [0.717, 1.165) is 0 Å². The van der Waals surface area contributed by atoms with Gasteiger partial charge in [0.05, 0.1) is 5.69 Å². The minimum atomic E-state index is -1.08. The van der Waals surface area contributed by atoms with Gasteiger partial charge in [0.1, 0.15) is 11.8 Å². The van der Waals surface area contributed by atoms with Crippen LogP contribution in [-0.4, -0.2) is 22.7 Å². The van der Waals surface area contributed by atoms with Gasteiger partial charge >= 0.3 is 5.97 Å². The minimum Gasteiger partial charge on any atom is -0.479 e. The summed E-state index contributed by atoms with van der Waals surface area (Å²) in [5, 5.41) is 16.8. The fraction of sp³-hybridized carbons (Fsp3) is 0.125. The first kappa shape index (κ1) is 9.95. The van der Waals surface area contributed by atoms with E-state index >= 15 is 0 Å². The van der Waals surface area contributed by atoms with Crippen LogP contribution in [0.5, 0.6) is 0 Å². The van der Waals surface area contributed by atoms with E-state index in [4.69, 9.17) is 10.4 Å². The molecule has 0 aliphatic rings. The first-order valence-electron chi connectivity index (χ1n) is 3.68. The van der Waals surface area contributed by atoms with Crippen LogP contribution in [0.4, 0.5) is 5.69 Å². The molecule has 0 atom stereocenters.